The smallest absolute Gasteiger partial charge is 0.122 e. The summed E-state index contributed by atoms with van der Waals surface area (Å²) in [6.45, 7) is 4.07. The quantitative estimate of drug-likeness (QED) is 0.788. The standard InChI is InChI=1S/C15H20N4/c1-11(15-17-8-9-18-15)19-10-13-5-2-4-12-6-3-7-16-14(12)13/h2,4-5,8-9,11,16,19H,3,6-7,10H2,1H3,(H,17,18). The first-order chi connectivity index (χ1) is 9.34. The second-order valence-electron chi connectivity index (χ2n) is 5.06. The molecule has 3 N–H and O–H groups in total. The zero-order valence-corrected chi connectivity index (χ0v) is 11.2. The lowest BCUT2D eigenvalue weighted by molar-refractivity contribution is 0.550. The van der Waals surface area contributed by atoms with Gasteiger partial charge in [-0.2, -0.15) is 0 Å². The van der Waals surface area contributed by atoms with Crippen molar-refractivity contribution in [1.29, 1.82) is 0 Å². The Morgan fingerprint density at radius 2 is 2.37 bits per heavy atom. The number of fused-ring (bicyclic) bond motifs is 1. The van der Waals surface area contributed by atoms with E-state index in [-0.39, 0.29) is 6.04 Å². The third-order valence-electron chi connectivity index (χ3n) is 3.69. The molecule has 2 aromatic rings. The van der Waals surface area contributed by atoms with E-state index in [0.29, 0.717) is 0 Å². The lowest BCUT2D eigenvalue weighted by Gasteiger charge is -2.22. The van der Waals surface area contributed by atoms with Gasteiger partial charge in [0.2, 0.25) is 0 Å². The molecule has 1 aromatic heterocycles. The predicted octanol–water partition coefficient (Wildman–Crippen LogP) is 2.62. The molecule has 1 aromatic carbocycles. The van der Waals surface area contributed by atoms with Crippen LogP contribution in [0.25, 0.3) is 0 Å². The number of aromatic amines is 1. The van der Waals surface area contributed by atoms with E-state index in [1.54, 1.807) is 6.20 Å². The zero-order chi connectivity index (χ0) is 13.1. The molecular weight excluding hydrogens is 236 g/mol. The van der Waals surface area contributed by atoms with Crippen molar-refractivity contribution in [3.8, 4) is 0 Å². The number of nitrogens with one attached hydrogen (secondary N) is 3. The SMILES string of the molecule is CC(NCc1cccc2c1NCCC2)c1ncc[nH]1. The van der Waals surface area contributed by atoms with Gasteiger partial charge < -0.3 is 15.6 Å². The molecule has 4 nitrogen and oxygen atoms in total. The molecule has 100 valence electrons. The third-order valence-corrected chi connectivity index (χ3v) is 3.69. The Kier molecular flexibility index (Phi) is 3.51. The highest BCUT2D eigenvalue weighted by atomic mass is 15.0. The molecule has 0 saturated heterocycles. The van der Waals surface area contributed by atoms with Gasteiger partial charge in [0.1, 0.15) is 5.82 Å². The second kappa shape index (κ2) is 5.45. The summed E-state index contributed by atoms with van der Waals surface area (Å²) in [7, 11) is 0. The molecule has 0 fully saturated rings. The number of hydrogen-bond acceptors (Lipinski definition) is 3. The van der Waals surface area contributed by atoms with Gasteiger partial charge in [0.05, 0.1) is 6.04 Å². The van der Waals surface area contributed by atoms with Crippen LogP contribution in [-0.4, -0.2) is 16.5 Å². The van der Waals surface area contributed by atoms with Crippen molar-refractivity contribution in [1.82, 2.24) is 15.3 Å². The number of aryl methyl sites for hydroxylation is 1. The number of rotatable bonds is 4. The van der Waals surface area contributed by atoms with E-state index in [0.717, 1.165) is 18.9 Å². The van der Waals surface area contributed by atoms with E-state index >= 15 is 0 Å². The topological polar surface area (TPSA) is 52.7 Å². The Morgan fingerprint density at radius 1 is 1.42 bits per heavy atom. The van der Waals surface area contributed by atoms with Gasteiger partial charge in [0.15, 0.2) is 0 Å². The Labute approximate surface area is 113 Å². The average Bonchev–Trinajstić information content (AvgIpc) is 2.99. The molecule has 3 rings (SSSR count). The molecular formula is C15H20N4. The Bertz CT molecular complexity index is 533. The van der Waals surface area contributed by atoms with Gasteiger partial charge in [-0.25, -0.2) is 4.98 Å². The second-order valence-corrected chi connectivity index (χ2v) is 5.06. The monoisotopic (exact) mass is 256 g/mol. The van der Waals surface area contributed by atoms with E-state index in [9.17, 15) is 0 Å². The maximum absolute atomic E-state index is 4.28. The van der Waals surface area contributed by atoms with Crippen LogP contribution in [0.2, 0.25) is 0 Å². The van der Waals surface area contributed by atoms with Crippen LogP contribution >= 0.6 is 0 Å². The van der Waals surface area contributed by atoms with Crippen molar-refractivity contribution in [2.75, 3.05) is 11.9 Å². The summed E-state index contributed by atoms with van der Waals surface area (Å²) in [6, 6.07) is 6.80. The van der Waals surface area contributed by atoms with Gasteiger partial charge in [-0.3, -0.25) is 0 Å². The highest BCUT2D eigenvalue weighted by Gasteiger charge is 2.13. The van der Waals surface area contributed by atoms with Crippen LogP contribution in [0.3, 0.4) is 0 Å². The molecule has 1 unspecified atom stereocenters. The summed E-state index contributed by atoms with van der Waals surface area (Å²) in [4.78, 5) is 7.43. The Morgan fingerprint density at radius 3 is 3.21 bits per heavy atom. The molecule has 0 aliphatic carbocycles. The molecule has 0 spiro atoms. The minimum Gasteiger partial charge on any atom is -0.385 e. The van der Waals surface area contributed by atoms with Crippen LogP contribution in [-0.2, 0) is 13.0 Å². The van der Waals surface area contributed by atoms with Crippen LogP contribution in [0, 0.1) is 0 Å². The molecule has 2 heterocycles. The minimum atomic E-state index is 0.231. The summed E-state index contributed by atoms with van der Waals surface area (Å²) < 4.78 is 0. The van der Waals surface area contributed by atoms with Crippen molar-refractivity contribution in [3.05, 3.63) is 47.5 Å². The first-order valence-corrected chi connectivity index (χ1v) is 6.92. The van der Waals surface area contributed by atoms with E-state index < -0.39 is 0 Å². The van der Waals surface area contributed by atoms with E-state index in [1.807, 2.05) is 6.20 Å². The lowest BCUT2D eigenvalue weighted by atomic mass is 9.99. The average molecular weight is 256 g/mol. The van der Waals surface area contributed by atoms with Crippen LogP contribution in [0.5, 0.6) is 0 Å². The molecule has 0 saturated carbocycles. The van der Waals surface area contributed by atoms with E-state index in [2.05, 4.69) is 45.7 Å². The van der Waals surface area contributed by atoms with Crippen molar-refractivity contribution in [3.63, 3.8) is 0 Å². The molecule has 19 heavy (non-hydrogen) atoms. The van der Waals surface area contributed by atoms with Crippen molar-refractivity contribution < 1.29 is 0 Å². The maximum Gasteiger partial charge on any atom is 0.122 e. The normalized spacial score (nSPS) is 15.6. The molecule has 0 radical (unpaired) electrons. The number of aromatic nitrogens is 2. The van der Waals surface area contributed by atoms with Gasteiger partial charge in [0, 0.05) is 31.2 Å². The number of nitrogens with zero attached hydrogens (tertiary/aromatic N) is 1. The number of hydrogen-bond donors (Lipinski definition) is 3. The number of anilines is 1. The Hall–Kier alpha value is -1.81. The number of para-hydroxylation sites is 1. The maximum atomic E-state index is 4.28. The summed E-state index contributed by atoms with van der Waals surface area (Å²) in [5.41, 5.74) is 4.11. The van der Waals surface area contributed by atoms with Crippen molar-refractivity contribution in [2.24, 2.45) is 0 Å². The molecule has 1 aliphatic rings. The summed E-state index contributed by atoms with van der Waals surface area (Å²) in [6.07, 6.45) is 6.06. The molecule has 0 bridgehead atoms. The fourth-order valence-corrected chi connectivity index (χ4v) is 2.60. The zero-order valence-electron chi connectivity index (χ0n) is 11.2. The van der Waals surface area contributed by atoms with Crippen LogP contribution in [0.4, 0.5) is 5.69 Å². The largest absolute Gasteiger partial charge is 0.385 e. The lowest BCUT2D eigenvalue weighted by Crippen LogP contribution is -2.21. The molecule has 1 atom stereocenters. The fourth-order valence-electron chi connectivity index (χ4n) is 2.60. The van der Waals surface area contributed by atoms with Crippen molar-refractivity contribution >= 4 is 5.69 Å². The fraction of sp³-hybridized carbons (Fsp3) is 0.400. The highest BCUT2D eigenvalue weighted by molar-refractivity contribution is 5.59. The number of H-pyrrole nitrogens is 1. The Balaban J connectivity index is 1.70. The number of imidazole rings is 1. The summed E-state index contributed by atoms with van der Waals surface area (Å²) in [5, 5.41) is 7.04. The van der Waals surface area contributed by atoms with Gasteiger partial charge in [-0.1, -0.05) is 18.2 Å². The van der Waals surface area contributed by atoms with E-state index in [1.165, 1.54) is 29.7 Å². The third kappa shape index (κ3) is 2.63. The van der Waals surface area contributed by atoms with Crippen molar-refractivity contribution in [2.45, 2.75) is 32.4 Å². The number of benzene rings is 1. The van der Waals surface area contributed by atoms with Crippen LogP contribution in [0.15, 0.2) is 30.6 Å². The van der Waals surface area contributed by atoms with E-state index in [4.69, 9.17) is 0 Å². The molecule has 1 aliphatic heterocycles. The summed E-state index contributed by atoms with van der Waals surface area (Å²) >= 11 is 0. The highest BCUT2D eigenvalue weighted by Crippen LogP contribution is 2.26. The first kappa shape index (κ1) is 12.2. The van der Waals surface area contributed by atoms with Gasteiger partial charge in [0.25, 0.3) is 0 Å². The van der Waals surface area contributed by atoms with Crippen LogP contribution < -0.4 is 10.6 Å². The predicted molar refractivity (Wildman–Crippen MR) is 77.1 cm³/mol. The van der Waals surface area contributed by atoms with Gasteiger partial charge >= 0.3 is 0 Å². The van der Waals surface area contributed by atoms with Gasteiger partial charge in [-0.15, -0.1) is 0 Å². The molecule has 0 amide bonds. The van der Waals surface area contributed by atoms with Gasteiger partial charge in [-0.05, 0) is 30.9 Å². The molecule has 4 heteroatoms. The minimum absolute atomic E-state index is 0.231. The summed E-state index contributed by atoms with van der Waals surface area (Å²) in [5.74, 6) is 0.984. The first-order valence-electron chi connectivity index (χ1n) is 6.92. The van der Waals surface area contributed by atoms with Crippen LogP contribution in [0.1, 0.15) is 36.3 Å².